The fourth-order valence-corrected chi connectivity index (χ4v) is 2.21. The van der Waals surface area contributed by atoms with E-state index in [-0.39, 0.29) is 29.8 Å². The van der Waals surface area contributed by atoms with Crippen molar-refractivity contribution in [2.45, 2.75) is 19.0 Å². The van der Waals surface area contributed by atoms with Crippen molar-refractivity contribution in [3.05, 3.63) is 11.4 Å². The van der Waals surface area contributed by atoms with E-state index in [9.17, 15) is 13.8 Å². The average Bonchev–Trinajstić information content (AvgIpc) is 2.67. The first-order valence-corrected chi connectivity index (χ1v) is 7.24. The van der Waals surface area contributed by atoms with E-state index in [4.69, 9.17) is 9.47 Å². The summed E-state index contributed by atoms with van der Waals surface area (Å²) in [5.74, 6) is -1.44. The van der Waals surface area contributed by atoms with Gasteiger partial charge in [0.1, 0.15) is 0 Å². The molecule has 0 aliphatic rings. The monoisotopic (exact) mass is 288 g/mol. The lowest BCUT2D eigenvalue weighted by Crippen LogP contribution is -2.16. The van der Waals surface area contributed by atoms with Gasteiger partial charge in [-0.15, -0.1) is 0 Å². The highest BCUT2D eigenvalue weighted by molar-refractivity contribution is 7.84. The number of carbonyl (C=O) groups is 2. The molecule has 1 rings (SSSR count). The van der Waals surface area contributed by atoms with Gasteiger partial charge < -0.3 is 14.0 Å². The number of esters is 2. The van der Waals surface area contributed by atoms with Gasteiger partial charge in [0, 0.05) is 13.3 Å². The third kappa shape index (κ3) is 3.19. The Bertz CT molecular complexity index is 523. The molecule has 0 bridgehead atoms. The molecule has 1 aromatic rings. The standard InChI is InChI=1S/C11H16N2O5S/c1-5-17-9(14)7-8(10(15)18-6-2)13(3)11(12-7)19(4)16/h5-6H2,1-4H3. The quantitative estimate of drug-likeness (QED) is 0.734. The summed E-state index contributed by atoms with van der Waals surface area (Å²) < 4.78 is 22.5. The van der Waals surface area contributed by atoms with Crippen molar-refractivity contribution >= 4 is 22.7 Å². The van der Waals surface area contributed by atoms with E-state index in [0.717, 1.165) is 0 Å². The zero-order chi connectivity index (χ0) is 14.6. The molecule has 0 saturated carbocycles. The third-order valence-corrected chi connectivity index (χ3v) is 3.13. The van der Waals surface area contributed by atoms with Crippen molar-refractivity contribution in [1.29, 1.82) is 0 Å². The Morgan fingerprint density at radius 2 is 1.74 bits per heavy atom. The van der Waals surface area contributed by atoms with Crippen molar-refractivity contribution in [2.75, 3.05) is 19.5 Å². The van der Waals surface area contributed by atoms with Crippen LogP contribution in [0.1, 0.15) is 34.8 Å². The van der Waals surface area contributed by atoms with E-state index in [1.165, 1.54) is 17.9 Å². The summed E-state index contributed by atoms with van der Waals surface area (Å²) in [5, 5.41) is 0.117. The van der Waals surface area contributed by atoms with Gasteiger partial charge in [-0.2, -0.15) is 0 Å². The van der Waals surface area contributed by atoms with E-state index in [0.29, 0.717) is 0 Å². The van der Waals surface area contributed by atoms with Crippen LogP contribution in [-0.4, -0.2) is 45.2 Å². The minimum absolute atomic E-state index is 0.0505. The van der Waals surface area contributed by atoms with Crippen molar-refractivity contribution < 1.29 is 23.3 Å². The van der Waals surface area contributed by atoms with Gasteiger partial charge in [-0.1, -0.05) is 0 Å². The number of hydrogen-bond donors (Lipinski definition) is 0. The predicted octanol–water partition coefficient (Wildman–Crippen LogP) is 0.511. The molecule has 1 heterocycles. The van der Waals surface area contributed by atoms with Crippen molar-refractivity contribution in [1.82, 2.24) is 9.55 Å². The van der Waals surface area contributed by atoms with E-state index in [1.807, 2.05) is 0 Å². The summed E-state index contributed by atoms with van der Waals surface area (Å²) in [6.07, 6.45) is 1.41. The van der Waals surface area contributed by atoms with Gasteiger partial charge >= 0.3 is 11.9 Å². The topological polar surface area (TPSA) is 87.5 Å². The van der Waals surface area contributed by atoms with Gasteiger partial charge in [0.15, 0.2) is 16.5 Å². The SMILES string of the molecule is CCOC(=O)c1nc(S(C)=O)n(C)c1C(=O)OCC. The molecule has 0 amide bonds. The molecule has 8 heteroatoms. The minimum atomic E-state index is -1.43. The highest BCUT2D eigenvalue weighted by Gasteiger charge is 2.28. The number of ether oxygens (including phenoxy) is 2. The van der Waals surface area contributed by atoms with Crippen LogP contribution in [0.3, 0.4) is 0 Å². The lowest BCUT2D eigenvalue weighted by molar-refractivity contribution is 0.0468. The van der Waals surface area contributed by atoms with Crippen LogP contribution in [0.25, 0.3) is 0 Å². The summed E-state index contributed by atoms with van der Waals surface area (Å²) >= 11 is 0. The van der Waals surface area contributed by atoms with Gasteiger partial charge in [0.05, 0.1) is 24.0 Å². The molecule has 0 saturated heterocycles. The summed E-state index contributed by atoms with van der Waals surface area (Å²) in [6, 6.07) is 0. The number of aromatic nitrogens is 2. The van der Waals surface area contributed by atoms with E-state index >= 15 is 0 Å². The highest BCUT2D eigenvalue weighted by Crippen LogP contribution is 2.15. The molecule has 1 atom stereocenters. The maximum Gasteiger partial charge on any atom is 0.359 e. The molecule has 0 radical (unpaired) electrons. The second-order valence-electron chi connectivity index (χ2n) is 3.55. The van der Waals surface area contributed by atoms with E-state index in [1.54, 1.807) is 13.8 Å². The zero-order valence-corrected chi connectivity index (χ0v) is 12.1. The molecular weight excluding hydrogens is 272 g/mol. The number of hydrogen-bond acceptors (Lipinski definition) is 6. The van der Waals surface area contributed by atoms with Crippen molar-refractivity contribution in [3.8, 4) is 0 Å². The molecule has 106 valence electrons. The molecule has 19 heavy (non-hydrogen) atoms. The summed E-state index contributed by atoms with van der Waals surface area (Å²) in [6.45, 7) is 3.61. The molecule has 0 fully saturated rings. The molecule has 1 aromatic heterocycles. The molecule has 0 aliphatic carbocycles. The Labute approximate surface area is 113 Å². The summed E-state index contributed by atoms with van der Waals surface area (Å²) in [7, 11) is 0.0641. The normalized spacial score (nSPS) is 12.0. The molecule has 0 spiro atoms. The Balaban J connectivity index is 3.35. The molecular formula is C11H16N2O5S. The van der Waals surface area contributed by atoms with E-state index < -0.39 is 22.7 Å². The van der Waals surface area contributed by atoms with Gasteiger partial charge in [0.25, 0.3) is 0 Å². The molecule has 0 N–H and O–H groups in total. The van der Waals surface area contributed by atoms with Crippen molar-refractivity contribution in [2.24, 2.45) is 7.05 Å². The lowest BCUT2D eigenvalue weighted by atomic mass is 10.3. The Kier molecular flexibility index (Phi) is 5.22. The smallest absolute Gasteiger partial charge is 0.359 e. The van der Waals surface area contributed by atoms with Gasteiger partial charge in [-0.3, -0.25) is 4.21 Å². The molecule has 7 nitrogen and oxygen atoms in total. The number of rotatable bonds is 5. The fraction of sp³-hybridized carbons (Fsp3) is 0.545. The fourth-order valence-electron chi connectivity index (χ4n) is 1.51. The maximum atomic E-state index is 11.8. The second-order valence-corrected chi connectivity index (χ2v) is 4.82. The van der Waals surface area contributed by atoms with Crippen LogP contribution < -0.4 is 0 Å². The first-order valence-electron chi connectivity index (χ1n) is 5.68. The largest absolute Gasteiger partial charge is 0.461 e. The Morgan fingerprint density at radius 1 is 1.21 bits per heavy atom. The number of imidazole rings is 1. The lowest BCUT2D eigenvalue weighted by Gasteiger charge is -2.05. The summed E-state index contributed by atoms with van der Waals surface area (Å²) in [5.41, 5.74) is -0.224. The molecule has 0 aliphatic heterocycles. The van der Waals surface area contributed by atoms with Crippen LogP contribution in [0.2, 0.25) is 0 Å². The first kappa shape index (κ1) is 15.4. The Hall–Kier alpha value is -1.70. The molecule has 0 aromatic carbocycles. The van der Waals surface area contributed by atoms with Gasteiger partial charge in [0.2, 0.25) is 0 Å². The predicted molar refractivity (Wildman–Crippen MR) is 67.5 cm³/mol. The summed E-state index contributed by atoms with van der Waals surface area (Å²) in [4.78, 5) is 27.5. The van der Waals surface area contributed by atoms with Crippen molar-refractivity contribution in [3.63, 3.8) is 0 Å². The van der Waals surface area contributed by atoms with Gasteiger partial charge in [-0.05, 0) is 13.8 Å². The second kappa shape index (κ2) is 6.46. The van der Waals surface area contributed by atoms with Crippen LogP contribution in [0.4, 0.5) is 0 Å². The molecule has 1 unspecified atom stereocenters. The highest BCUT2D eigenvalue weighted by atomic mass is 32.2. The van der Waals surface area contributed by atoms with Crippen LogP contribution in [0, 0.1) is 0 Å². The first-order chi connectivity index (χ1) is 8.93. The number of carbonyl (C=O) groups excluding carboxylic acids is 2. The van der Waals surface area contributed by atoms with Gasteiger partial charge in [-0.25, -0.2) is 14.6 Å². The van der Waals surface area contributed by atoms with Crippen LogP contribution in [-0.2, 0) is 27.3 Å². The van der Waals surface area contributed by atoms with Crippen LogP contribution >= 0.6 is 0 Å². The maximum absolute atomic E-state index is 11.8. The third-order valence-electron chi connectivity index (χ3n) is 2.25. The minimum Gasteiger partial charge on any atom is -0.461 e. The van der Waals surface area contributed by atoms with Crippen LogP contribution in [0.5, 0.6) is 0 Å². The average molecular weight is 288 g/mol. The van der Waals surface area contributed by atoms with Crippen LogP contribution in [0.15, 0.2) is 5.16 Å². The number of nitrogens with zero attached hydrogens (tertiary/aromatic N) is 2. The van der Waals surface area contributed by atoms with E-state index in [2.05, 4.69) is 4.98 Å². The zero-order valence-electron chi connectivity index (χ0n) is 11.3. The Morgan fingerprint density at radius 3 is 2.21 bits per heavy atom.